The summed E-state index contributed by atoms with van der Waals surface area (Å²) in [6, 6.07) is 18.4. The molecule has 0 bridgehead atoms. The highest BCUT2D eigenvalue weighted by atomic mass is 32.2. The number of benzene rings is 2. The number of nitrogens with one attached hydrogen (secondary N) is 1. The van der Waals surface area contributed by atoms with Gasteiger partial charge in [0.15, 0.2) is 0 Å². The highest BCUT2D eigenvalue weighted by Crippen LogP contribution is 2.24. The Morgan fingerprint density at radius 3 is 2.61 bits per heavy atom. The highest BCUT2D eigenvalue weighted by molar-refractivity contribution is 7.93. The number of anilines is 2. The van der Waals surface area contributed by atoms with Crippen LogP contribution in [0.4, 0.5) is 11.4 Å². The second kappa shape index (κ2) is 9.21. The summed E-state index contributed by atoms with van der Waals surface area (Å²) in [6.45, 7) is 0.511. The molecule has 3 aromatic rings. The van der Waals surface area contributed by atoms with E-state index in [0.29, 0.717) is 24.3 Å². The zero-order valence-corrected chi connectivity index (χ0v) is 18.2. The van der Waals surface area contributed by atoms with E-state index in [-0.39, 0.29) is 11.7 Å². The van der Waals surface area contributed by atoms with Crippen molar-refractivity contribution in [2.45, 2.75) is 6.42 Å². The lowest BCUT2D eigenvalue weighted by atomic mass is 10.2. The molecular formula is C24H20N2O3S2. The molecule has 1 N–H and O–H groups in total. The lowest BCUT2D eigenvalue weighted by Gasteiger charge is -2.16. The molecule has 31 heavy (non-hydrogen) atoms. The van der Waals surface area contributed by atoms with Gasteiger partial charge in [0.25, 0.3) is 0 Å². The van der Waals surface area contributed by atoms with Gasteiger partial charge in [-0.2, -0.15) is 0 Å². The Labute approximate surface area is 186 Å². The van der Waals surface area contributed by atoms with E-state index in [9.17, 15) is 13.2 Å². The zero-order chi connectivity index (χ0) is 21.7. The minimum absolute atomic E-state index is 0.190. The Balaban J connectivity index is 1.38. The van der Waals surface area contributed by atoms with Crippen molar-refractivity contribution in [2.75, 3.05) is 21.9 Å². The molecule has 1 saturated heterocycles. The normalized spacial score (nSPS) is 14.9. The van der Waals surface area contributed by atoms with Crippen molar-refractivity contribution in [3.05, 3.63) is 88.1 Å². The Morgan fingerprint density at radius 2 is 1.90 bits per heavy atom. The van der Waals surface area contributed by atoms with Crippen molar-refractivity contribution >= 4 is 44.7 Å². The molecule has 2 aromatic carbocycles. The number of amides is 1. The average molecular weight is 449 g/mol. The van der Waals surface area contributed by atoms with Crippen LogP contribution < -0.4 is 9.62 Å². The Kier molecular flexibility index (Phi) is 6.21. The molecule has 0 unspecified atom stereocenters. The summed E-state index contributed by atoms with van der Waals surface area (Å²) >= 11 is 1.58. The van der Waals surface area contributed by atoms with E-state index in [1.165, 1.54) is 10.4 Å². The van der Waals surface area contributed by atoms with Crippen LogP contribution in [0.25, 0.3) is 6.08 Å². The van der Waals surface area contributed by atoms with Gasteiger partial charge in [0.05, 0.1) is 16.3 Å². The van der Waals surface area contributed by atoms with Crippen LogP contribution in [0.5, 0.6) is 0 Å². The number of thiophene rings is 1. The van der Waals surface area contributed by atoms with Gasteiger partial charge < -0.3 is 5.32 Å². The summed E-state index contributed by atoms with van der Waals surface area (Å²) in [7, 11) is -3.19. The standard InChI is InChI=1S/C24H20N2O3S2/c27-24(25-21-5-1-4-20(18-21)9-13-23-6-2-16-30-23)14-10-19-7-11-22(12-8-19)26-15-3-17-31(26,28)29/h1-2,4-8,10-12,14,16,18H,3,15,17H2,(H,25,27)/b14-10+. The lowest BCUT2D eigenvalue weighted by Crippen LogP contribution is -2.24. The fraction of sp³-hybridized carbons (Fsp3) is 0.125. The highest BCUT2D eigenvalue weighted by Gasteiger charge is 2.28. The van der Waals surface area contributed by atoms with Crippen molar-refractivity contribution in [3.63, 3.8) is 0 Å². The smallest absolute Gasteiger partial charge is 0.248 e. The quantitative estimate of drug-likeness (QED) is 0.477. The third-order valence-electron chi connectivity index (χ3n) is 4.69. The SMILES string of the molecule is O=C(/C=C/c1ccc(N2CCCS2(=O)=O)cc1)Nc1cccc(C#Cc2cccs2)c1. The van der Waals surface area contributed by atoms with Crippen molar-refractivity contribution < 1.29 is 13.2 Å². The van der Waals surface area contributed by atoms with E-state index >= 15 is 0 Å². The number of carbonyl (C=O) groups is 1. The van der Waals surface area contributed by atoms with E-state index in [1.54, 1.807) is 41.7 Å². The van der Waals surface area contributed by atoms with Gasteiger partial charge in [-0.25, -0.2) is 8.42 Å². The van der Waals surface area contributed by atoms with Crippen LogP contribution in [0.2, 0.25) is 0 Å². The number of rotatable bonds is 4. The summed E-state index contributed by atoms with van der Waals surface area (Å²) in [5.74, 6) is 6.13. The van der Waals surface area contributed by atoms with Crippen molar-refractivity contribution in [2.24, 2.45) is 0 Å². The van der Waals surface area contributed by atoms with Crippen LogP contribution in [-0.2, 0) is 14.8 Å². The van der Waals surface area contributed by atoms with E-state index in [2.05, 4.69) is 17.2 Å². The molecule has 2 heterocycles. The molecule has 0 spiro atoms. The first-order valence-electron chi connectivity index (χ1n) is 9.75. The van der Waals surface area contributed by atoms with Gasteiger partial charge in [-0.05, 0) is 59.8 Å². The molecule has 5 nitrogen and oxygen atoms in total. The molecule has 156 valence electrons. The van der Waals surface area contributed by atoms with Gasteiger partial charge in [-0.1, -0.05) is 36.1 Å². The summed E-state index contributed by atoms with van der Waals surface area (Å²) in [6.07, 6.45) is 3.79. The van der Waals surface area contributed by atoms with Crippen LogP contribution in [0, 0.1) is 11.8 Å². The maximum Gasteiger partial charge on any atom is 0.248 e. The van der Waals surface area contributed by atoms with Crippen molar-refractivity contribution in [1.29, 1.82) is 0 Å². The molecule has 0 radical (unpaired) electrons. The molecule has 1 fully saturated rings. The average Bonchev–Trinajstić information content (AvgIpc) is 3.40. The van der Waals surface area contributed by atoms with Gasteiger partial charge >= 0.3 is 0 Å². The van der Waals surface area contributed by atoms with E-state index in [0.717, 1.165) is 16.0 Å². The van der Waals surface area contributed by atoms with Gasteiger partial charge in [-0.15, -0.1) is 11.3 Å². The van der Waals surface area contributed by atoms with Gasteiger partial charge in [-0.3, -0.25) is 9.10 Å². The van der Waals surface area contributed by atoms with Crippen molar-refractivity contribution in [3.8, 4) is 11.8 Å². The molecule has 1 aliphatic rings. The predicted molar refractivity (Wildman–Crippen MR) is 127 cm³/mol. The number of nitrogens with zero attached hydrogens (tertiary/aromatic N) is 1. The molecule has 7 heteroatoms. The van der Waals surface area contributed by atoms with E-state index < -0.39 is 10.0 Å². The molecular weight excluding hydrogens is 428 g/mol. The topological polar surface area (TPSA) is 66.5 Å². The second-order valence-electron chi connectivity index (χ2n) is 6.96. The minimum atomic E-state index is -3.19. The minimum Gasteiger partial charge on any atom is -0.322 e. The maximum atomic E-state index is 12.3. The number of carbonyl (C=O) groups excluding carboxylic acids is 1. The number of hydrogen-bond donors (Lipinski definition) is 1. The van der Waals surface area contributed by atoms with Crippen LogP contribution in [0.15, 0.2) is 72.1 Å². The third kappa shape index (κ3) is 5.43. The molecule has 1 amide bonds. The lowest BCUT2D eigenvalue weighted by molar-refractivity contribution is -0.111. The summed E-state index contributed by atoms with van der Waals surface area (Å²) in [5.41, 5.74) is 2.95. The first-order chi connectivity index (χ1) is 15.0. The number of hydrogen-bond acceptors (Lipinski definition) is 4. The van der Waals surface area contributed by atoms with Gasteiger partial charge in [0.1, 0.15) is 0 Å². The maximum absolute atomic E-state index is 12.3. The molecule has 0 atom stereocenters. The Bertz CT molecular complexity index is 1270. The first-order valence-corrected chi connectivity index (χ1v) is 12.2. The van der Waals surface area contributed by atoms with E-state index in [1.807, 2.05) is 41.8 Å². The summed E-state index contributed by atoms with van der Waals surface area (Å²) < 4.78 is 25.5. The molecule has 0 aliphatic carbocycles. The summed E-state index contributed by atoms with van der Waals surface area (Å²) in [4.78, 5) is 13.3. The number of sulfonamides is 1. The fourth-order valence-corrected chi connectivity index (χ4v) is 5.33. The summed E-state index contributed by atoms with van der Waals surface area (Å²) in [5, 5.41) is 4.82. The van der Waals surface area contributed by atoms with Crippen LogP contribution in [0.3, 0.4) is 0 Å². The molecule has 4 rings (SSSR count). The molecule has 1 aromatic heterocycles. The van der Waals surface area contributed by atoms with Gasteiger partial charge in [0.2, 0.25) is 15.9 Å². The third-order valence-corrected chi connectivity index (χ3v) is 7.34. The van der Waals surface area contributed by atoms with Crippen molar-refractivity contribution in [1.82, 2.24) is 0 Å². The zero-order valence-electron chi connectivity index (χ0n) is 16.6. The predicted octanol–water partition coefficient (Wildman–Crippen LogP) is 4.34. The van der Waals surface area contributed by atoms with E-state index in [4.69, 9.17) is 0 Å². The Morgan fingerprint density at radius 1 is 1.06 bits per heavy atom. The van der Waals surface area contributed by atoms with Crippen LogP contribution >= 0.6 is 11.3 Å². The monoisotopic (exact) mass is 448 g/mol. The molecule has 1 aliphatic heterocycles. The first kappa shape index (κ1) is 20.9. The Hall–Kier alpha value is -3.34. The van der Waals surface area contributed by atoms with Crippen LogP contribution in [-0.4, -0.2) is 26.6 Å². The largest absolute Gasteiger partial charge is 0.322 e. The second-order valence-corrected chi connectivity index (χ2v) is 9.92. The van der Waals surface area contributed by atoms with Gasteiger partial charge in [0, 0.05) is 23.9 Å². The van der Waals surface area contributed by atoms with Crippen LogP contribution in [0.1, 0.15) is 22.4 Å². The fourth-order valence-electron chi connectivity index (χ4n) is 3.20. The molecule has 0 saturated carbocycles.